The fraction of sp³-hybridized carbons (Fsp3) is 0.174. The van der Waals surface area contributed by atoms with Crippen molar-refractivity contribution in [3.63, 3.8) is 0 Å². The average Bonchev–Trinajstić information content (AvgIpc) is 3.09. The van der Waals surface area contributed by atoms with Crippen LogP contribution >= 0.6 is 15.9 Å². The lowest BCUT2D eigenvalue weighted by atomic mass is 10.1. The summed E-state index contributed by atoms with van der Waals surface area (Å²) >= 11 is 3.16. The highest BCUT2D eigenvalue weighted by Gasteiger charge is 2.16. The molecule has 0 atom stereocenters. The van der Waals surface area contributed by atoms with E-state index in [2.05, 4.69) is 31.2 Å². The van der Waals surface area contributed by atoms with Gasteiger partial charge in [-0.05, 0) is 59.6 Å². The lowest BCUT2D eigenvalue weighted by Gasteiger charge is -2.12. The summed E-state index contributed by atoms with van der Waals surface area (Å²) in [5, 5.41) is 13.2. The topological polar surface area (TPSA) is 80.0 Å². The summed E-state index contributed by atoms with van der Waals surface area (Å²) in [5.74, 6) is -1.73. The zero-order valence-corrected chi connectivity index (χ0v) is 18.9. The predicted molar refractivity (Wildman–Crippen MR) is 122 cm³/mol. The van der Waals surface area contributed by atoms with E-state index in [0.29, 0.717) is 30.1 Å². The molecule has 0 unspecified atom stereocenters. The Hall–Kier alpha value is -3.33. The molecule has 2 N–H and O–H groups in total. The fourth-order valence-corrected chi connectivity index (χ4v) is 4.21. The van der Waals surface area contributed by atoms with Crippen LogP contribution in [0.15, 0.2) is 47.2 Å². The van der Waals surface area contributed by atoms with Gasteiger partial charge in [-0.3, -0.25) is 0 Å². The van der Waals surface area contributed by atoms with Crippen molar-refractivity contribution in [3.8, 4) is 11.3 Å². The Morgan fingerprint density at radius 3 is 2.66 bits per heavy atom. The first-order valence-electron chi connectivity index (χ1n) is 9.80. The average molecular weight is 501 g/mol. The van der Waals surface area contributed by atoms with E-state index in [-0.39, 0.29) is 21.4 Å². The monoisotopic (exact) mass is 500 g/mol. The smallest absolute Gasteiger partial charge is 0.336 e. The number of aryl methyl sites for hydroxylation is 2. The van der Waals surface area contributed by atoms with Crippen LogP contribution in [-0.2, 0) is 6.54 Å². The molecule has 4 aromatic rings. The van der Waals surface area contributed by atoms with Crippen LogP contribution < -0.4 is 5.32 Å². The Labute approximate surface area is 191 Å². The first kappa shape index (κ1) is 21.9. The Bertz CT molecular complexity index is 1350. The Morgan fingerprint density at radius 2 is 1.91 bits per heavy atom. The maximum absolute atomic E-state index is 14.5. The summed E-state index contributed by atoms with van der Waals surface area (Å²) in [6, 6.07) is 9.12. The normalized spacial score (nSPS) is 11.2. The minimum Gasteiger partial charge on any atom is -0.478 e. The number of benzene rings is 2. The lowest BCUT2D eigenvalue weighted by Crippen LogP contribution is -2.13. The number of fused-ring (bicyclic) bond motifs is 1. The molecule has 0 spiro atoms. The summed E-state index contributed by atoms with van der Waals surface area (Å²) in [7, 11) is 0. The van der Waals surface area contributed by atoms with Crippen LogP contribution in [0.5, 0.6) is 0 Å². The number of anilines is 1. The highest BCUT2D eigenvalue weighted by Crippen LogP contribution is 2.29. The van der Waals surface area contributed by atoms with Gasteiger partial charge in [0.05, 0.1) is 16.8 Å². The van der Waals surface area contributed by atoms with Crippen molar-refractivity contribution in [3.05, 3.63) is 75.7 Å². The minimum absolute atomic E-state index is 0.150. The van der Waals surface area contributed by atoms with Crippen molar-refractivity contribution in [1.82, 2.24) is 14.5 Å². The molecule has 2 aromatic carbocycles. The van der Waals surface area contributed by atoms with Crippen molar-refractivity contribution in [1.29, 1.82) is 0 Å². The largest absolute Gasteiger partial charge is 0.478 e. The summed E-state index contributed by atoms with van der Waals surface area (Å²) in [4.78, 5) is 19.4. The van der Waals surface area contributed by atoms with Gasteiger partial charge in [0.1, 0.15) is 23.8 Å². The van der Waals surface area contributed by atoms with Crippen LogP contribution in [-0.4, -0.2) is 32.2 Å². The predicted octanol–water partition coefficient (Wildman–Crippen LogP) is 5.57. The number of halogens is 3. The third kappa shape index (κ3) is 4.08. The lowest BCUT2D eigenvalue weighted by molar-refractivity contribution is 0.0695. The van der Waals surface area contributed by atoms with Crippen LogP contribution in [0.25, 0.3) is 22.2 Å². The van der Waals surface area contributed by atoms with E-state index in [1.165, 1.54) is 18.5 Å². The third-order valence-corrected chi connectivity index (χ3v) is 5.96. The van der Waals surface area contributed by atoms with Crippen molar-refractivity contribution in [2.24, 2.45) is 0 Å². The standard InChI is InChI=1S/C23H19BrF2N4O2/c1-12-3-4-18(25)22-14(12)7-13(2)30(22)6-5-27-21-10-20(28-11-29-21)16-8-17(24)15(23(31)32)9-19(16)26/h3-4,7-11H,5-6H2,1-2H3,(H,31,32)(H,27,28,29). The molecule has 32 heavy (non-hydrogen) atoms. The van der Waals surface area contributed by atoms with Gasteiger partial charge in [-0.15, -0.1) is 0 Å². The molecule has 0 bridgehead atoms. The molecule has 0 fully saturated rings. The second kappa shape index (κ2) is 8.66. The van der Waals surface area contributed by atoms with Gasteiger partial charge in [-0.1, -0.05) is 6.07 Å². The van der Waals surface area contributed by atoms with Gasteiger partial charge in [0.25, 0.3) is 0 Å². The maximum atomic E-state index is 14.5. The van der Waals surface area contributed by atoms with Gasteiger partial charge in [-0.25, -0.2) is 23.5 Å². The van der Waals surface area contributed by atoms with E-state index in [1.807, 2.05) is 24.5 Å². The van der Waals surface area contributed by atoms with Gasteiger partial charge in [0.2, 0.25) is 0 Å². The molecule has 0 aliphatic heterocycles. The first-order valence-corrected chi connectivity index (χ1v) is 10.6. The molecule has 0 aliphatic rings. The molecule has 0 aliphatic carbocycles. The van der Waals surface area contributed by atoms with E-state index < -0.39 is 11.8 Å². The maximum Gasteiger partial charge on any atom is 0.336 e. The number of hydrogen-bond donors (Lipinski definition) is 2. The molecule has 4 rings (SSSR count). The molecule has 0 amide bonds. The molecule has 6 nitrogen and oxygen atoms in total. The van der Waals surface area contributed by atoms with Gasteiger partial charge in [0.15, 0.2) is 0 Å². The number of rotatable bonds is 6. The number of carbonyl (C=O) groups is 1. The third-order valence-electron chi connectivity index (χ3n) is 5.31. The molecule has 0 saturated carbocycles. The Balaban J connectivity index is 1.55. The number of aromatic nitrogens is 3. The number of carboxylic acids is 1. The number of hydrogen-bond acceptors (Lipinski definition) is 4. The Kier molecular flexibility index (Phi) is 5.92. The number of carboxylic acid groups (broad SMARTS) is 1. The van der Waals surface area contributed by atoms with Crippen molar-refractivity contribution >= 4 is 38.6 Å². The van der Waals surface area contributed by atoms with E-state index in [1.54, 1.807) is 12.1 Å². The molecular weight excluding hydrogens is 482 g/mol. The van der Waals surface area contributed by atoms with E-state index in [0.717, 1.165) is 22.7 Å². The van der Waals surface area contributed by atoms with Crippen molar-refractivity contribution in [2.45, 2.75) is 20.4 Å². The SMILES string of the molecule is Cc1ccc(F)c2c1cc(C)n2CCNc1cc(-c2cc(Br)c(C(=O)O)cc2F)ncn1. The molecule has 164 valence electrons. The number of aromatic carboxylic acids is 1. The molecule has 0 saturated heterocycles. The molecule has 2 aromatic heterocycles. The van der Waals surface area contributed by atoms with E-state index in [9.17, 15) is 13.6 Å². The van der Waals surface area contributed by atoms with Crippen LogP contribution in [0.1, 0.15) is 21.6 Å². The van der Waals surface area contributed by atoms with Crippen molar-refractivity contribution < 1.29 is 18.7 Å². The van der Waals surface area contributed by atoms with E-state index in [4.69, 9.17) is 5.11 Å². The van der Waals surface area contributed by atoms with Crippen molar-refractivity contribution in [2.75, 3.05) is 11.9 Å². The van der Waals surface area contributed by atoms with Gasteiger partial charge >= 0.3 is 5.97 Å². The Morgan fingerprint density at radius 1 is 1.12 bits per heavy atom. The number of nitrogens with zero attached hydrogens (tertiary/aromatic N) is 3. The highest BCUT2D eigenvalue weighted by atomic mass is 79.9. The summed E-state index contributed by atoms with van der Waals surface area (Å²) in [6.45, 7) is 4.84. The van der Waals surface area contributed by atoms with Gasteiger partial charge in [0, 0.05) is 40.3 Å². The molecular formula is C23H19BrF2N4O2. The van der Waals surface area contributed by atoms with Gasteiger partial charge in [-0.2, -0.15) is 0 Å². The van der Waals surface area contributed by atoms with Crippen LogP contribution in [0.4, 0.5) is 14.6 Å². The minimum atomic E-state index is -1.23. The first-order chi connectivity index (χ1) is 15.3. The highest BCUT2D eigenvalue weighted by molar-refractivity contribution is 9.10. The summed E-state index contributed by atoms with van der Waals surface area (Å²) in [5.41, 5.74) is 2.81. The summed E-state index contributed by atoms with van der Waals surface area (Å²) in [6.07, 6.45) is 1.30. The second-order valence-electron chi connectivity index (χ2n) is 7.40. The van der Waals surface area contributed by atoms with Crippen LogP contribution in [0, 0.1) is 25.5 Å². The van der Waals surface area contributed by atoms with Crippen LogP contribution in [0.3, 0.4) is 0 Å². The van der Waals surface area contributed by atoms with Crippen LogP contribution in [0.2, 0.25) is 0 Å². The van der Waals surface area contributed by atoms with Gasteiger partial charge < -0.3 is 15.0 Å². The van der Waals surface area contributed by atoms with E-state index >= 15 is 0 Å². The zero-order chi connectivity index (χ0) is 23.0. The zero-order valence-electron chi connectivity index (χ0n) is 17.3. The molecule has 9 heteroatoms. The molecule has 2 heterocycles. The summed E-state index contributed by atoms with van der Waals surface area (Å²) < 4.78 is 31.1. The second-order valence-corrected chi connectivity index (χ2v) is 8.25. The quantitative estimate of drug-likeness (QED) is 0.362. The number of nitrogens with one attached hydrogen (secondary N) is 1. The fourth-order valence-electron chi connectivity index (χ4n) is 3.69. The molecule has 0 radical (unpaired) electrons.